The summed E-state index contributed by atoms with van der Waals surface area (Å²) < 4.78 is 16.9. The van der Waals surface area contributed by atoms with Gasteiger partial charge in [0.15, 0.2) is 6.10 Å². The Balaban J connectivity index is 4.16. The van der Waals surface area contributed by atoms with Gasteiger partial charge in [0.1, 0.15) is 13.2 Å². The fourth-order valence-corrected chi connectivity index (χ4v) is 9.00. The first-order chi connectivity index (χ1) is 35.5. The second kappa shape index (κ2) is 60.7. The van der Waals surface area contributed by atoms with Gasteiger partial charge in [-0.05, 0) is 83.5 Å². The van der Waals surface area contributed by atoms with E-state index >= 15 is 0 Å². The second-order valence-electron chi connectivity index (χ2n) is 21.0. The summed E-state index contributed by atoms with van der Waals surface area (Å²) in [6.45, 7) is 6.60. The minimum Gasteiger partial charge on any atom is -0.462 e. The van der Waals surface area contributed by atoms with E-state index in [9.17, 15) is 14.4 Å². The monoisotopic (exact) mass is 1010 g/mol. The summed E-state index contributed by atoms with van der Waals surface area (Å²) in [5.41, 5.74) is 0. The molecule has 0 aromatic rings. The molecule has 0 aromatic heterocycles. The summed E-state index contributed by atoms with van der Waals surface area (Å²) in [5, 5.41) is 0. The molecule has 0 aliphatic rings. The SMILES string of the molecule is CCCC/C=C\C/C=C\CCCCCCCC(=O)OC(COC(=O)CCCCCCCCCCCCC)COC(=O)CCCCCCCCCCCCCCCC/C=C\C/C=C\C/C=C\CCCCCCC. The molecule has 1 unspecified atom stereocenters. The number of hydrogen-bond donors (Lipinski definition) is 0. The molecule has 0 fully saturated rings. The van der Waals surface area contributed by atoms with E-state index in [2.05, 4.69) is 81.5 Å². The molecule has 0 aromatic carbocycles. The van der Waals surface area contributed by atoms with Gasteiger partial charge in [0, 0.05) is 19.3 Å². The Morgan fingerprint density at radius 1 is 0.278 bits per heavy atom. The third kappa shape index (κ3) is 58.0. The third-order valence-corrected chi connectivity index (χ3v) is 13.7. The Morgan fingerprint density at radius 2 is 0.514 bits per heavy atom. The number of allylic oxidation sites excluding steroid dienone is 10. The van der Waals surface area contributed by atoms with Crippen molar-refractivity contribution in [3.8, 4) is 0 Å². The molecule has 0 N–H and O–H groups in total. The van der Waals surface area contributed by atoms with Crippen LogP contribution in [0.1, 0.15) is 323 Å². The number of carbonyl (C=O) groups is 3. The van der Waals surface area contributed by atoms with E-state index in [1.54, 1.807) is 0 Å². The predicted molar refractivity (Wildman–Crippen MR) is 312 cm³/mol. The van der Waals surface area contributed by atoms with Crippen molar-refractivity contribution in [2.45, 2.75) is 329 Å². The highest BCUT2D eigenvalue weighted by Crippen LogP contribution is 2.16. The molecule has 0 radical (unpaired) electrons. The summed E-state index contributed by atoms with van der Waals surface area (Å²) in [5.74, 6) is -0.879. The maximum absolute atomic E-state index is 12.8. The number of hydrogen-bond acceptors (Lipinski definition) is 6. The summed E-state index contributed by atoms with van der Waals surface area (Å²) in [7, 11) is 0. The van der Waals surface area contributed by atoms with E-state index in [4.69, 9.17) is 14.2 Å². The minimum absolute atomic E-state index is 0.0766. The van der Waals surface area contributed by atoms with Crippen molar-refractivity contribution in [2.75, 3.05) is 13.2 Å². The lowest BCUT2D eigenvalue weighted by molar-refractivity contribution is -0.167. The molecule has 0 aliphatic carbocycles. The van der Waals surface area contributed by atoms with Gasteiger partial charge < -0.3 is 14.2 Å². The highest BCUT2D eigenvalue weighted by Gasteiger charge is 2.19. The smallest absolute Gasteiger partial charge is 0.306 e. The lowest BCUT2D eigenvalue weighted by atomic mass is 10.0. The van der Waals surface area contributed by atoms with Crippen LogP contribution in [-0.2, 0) is 28.6 Å². The fraction of sp³-hybridized carbons (Fsp3) is 0.803. The van der Waals surface area contributed by atoms with E-state index in [0.29, 0.717) is 19.3 Å². The molecule has 6 heteroatoms. The van der Waals surface area contributed by atoms with Crippen molar-refractivity contribution in [2.24, 2.45) is 0 Å². The lowest BCUT2D eigenvalue weighted by Gasteiger charge is -2.18. The molecule has 418 valence electrons. The zero-order valence-electron chi connectivity index (χ0n) is 47.9. The van der Waals surface area contributed by atoms with Crippen molar-refractivity contribution in [3.63, 3.8) is 0 Å². The first-order valence-corrected chi connectivity index (χ1v) is 31.3. The Bertz CT molecular complexity index is 1290. The topological polar surface area (TPSA) is 78.9 Å². The first-order valence-electron chi connectivity index (χ1n) is 31.3. The van der Waals surface area contributed by atoms with Gasteiger partial charge in [0.25, 0.3) is 0 Å². The highest BCUT2D eigenvalue weighted by molar-refractivity contribution is 5.71. The molecular weight excluding hydrogens is 889 g/mol. The van der Waals surface area contributed by atoms with Gasteiger partial charge in [-0.1, -0.05) is 281 Å². The van der Waals surface area contributed by atoms with Gasteiger partial charge >= 0.3 is 17.9 Å². The normalized spacial score (nSPS) is 12.4. The molecular formula is C66H118O6. The molecule has 6 nitrogen and oxygen atoms in total. The van der Waals surface area contributed by atoms with Crippen LogP contribution in [0.25, 0.3) is 0 Å². The number of esters is 3. The fourth-order valence-electron chi connectivity index (χ4n) is 9.00. The second-order valence-corrected chi connectivity index (χ2v) is 21.0. The summed E-state index contributed by atoms with van der Waals surface area (Å²) >= 11 is 0. The Kier molecular flexibility index (Phi) is 58.2. The molecule has 0 aliphatic heterocycles. The summed E-state index contributed by atoms with van der Waals surface area (Å²) in [4.78, 5) is 38.1. The zero-order chi connectivity index (χ0) is 52.2. The number of carbonyl (C=O) groups excluding carboxylic acids is 3. The highest BCUT2D eigenvalue weighted by atomic mass is 16.6. The average molecular weight is 1010 g/mol. The van der Waals surface area contributed by atoms with Gasteiger partial charge in [-0.3, -0.25) is 14.4 Å². The first kappa shape index (κ1) is 69.1. The Labute approximate surface area is 447 Å². The van der Waals surface area contributed by atoms with E-state index in [1.807, 2.05) is 0 Å². The molecule has 0 amide bonds. The van der Waals surface area contributed by atoms with Gasteiger partial charge in [0.2, 0.25) is 0 Å². The van der Waals surface area contributed by atoms with Crippen LogP contribution in [0.2, 0.25) is 0 Å². The minimum atomic E-state index is -0.779. The van der Waals surface area contributed by atoms with Crippen LogP contribution in [-0.4, -0.2) is 37.2 Å². The zero-order valence-corrected chi connectivity index (χ0v) is 47.9. The molecule has 0 saturated carbocycles. The quantitative estimate of drug-likeness (QED) is 0.0261. The van der Waals surface area contributed by atoms with Crippen LogP contribution in [0.3, 0.4) is 0 Å². The molecule has 1 atom stereocenters. The maximum atomic E-state index is 12.8. The maximum Gasteiger partial charge on any atom is 0.306 e. The summed E-state index contributed by atoms with van der Waals surface area (Å²) in [6, 6.07) is 0. The molecule has 72 heavy (non-hydrogen) atoms. The largest absolute Gasteiger partial charge is 0.462 e. The van der Waals surface area contributed by atoms with E-state index in [-0.39, 0.29) is 31.1 Å². The molecule has 0 heterocycles. The van der Waals surface area contributed by atoms with Crippen molar-refractivity contribution in [1.82, 2.24) is 0 Å². The molecule has 0 spiro atoms. The van der Waals surface area contributed by atoms with E-state index < -0.39 is 6.10 Å². The van der Waals surface area contributed by atoms with E-state index in [0.717, 1.165) is 96.3 Å². The number of ether oxygens (including phenoxy) is 3. The van der Waals surface area contributed by atoms with Crippen LogP contribution in [0.4, 0.5) is 0 Å². The van der Waals surface area contributed by atoms with Gasteiger partial charge in [-0.15, -0.1) is 0 Å². The number of rotatable bonds is 57. The number of unbranched alkanes of at least 4 members (excludes halogenated alkanes) is 36. The molecule has 0 rings (SSSR count). The summed E-state index contributed by atoms with van der Waals surface area (Å²) in [6.07, 6.45) is 76.6. The standard InChI is InChI=1S/C66H118O6/c1-4-7-10-13-16-19-22-24-26-27-28-29-30-31-32-33-34-35-36-37-38-39-40-42-44-47-50-53-56-59-65(68)71-62-63(61-70-64(67)58-55-52-49-46-43-21-18-15-12-9-6-3)72-66(69)60-57-54-51-48-45-41-25-23-20-17-14-11-8-5-2/h14,17,22-25,27-28,30-31,63H,4-13,15-16,18-21,26,29,32-62H2,1-3H3/b17-14-,24-22-,25-23-,28-27-,31-30-. The van der Waals surface area contributed by atoms with Crippen LogP contribution in [0.15, 0.2) is 60.8 Å². The van der Waals surface area contributed by atoms with Crippen LogP contribution >= 0.6 is 0 Å². The van der Waals surface area contributed by atoms with Crippen molar-refractivity contribution >= 4 is 17.9 Å². The predicted octanol–water partition coefficient (Wildman–Crippen LogP) is 21.2. The van der Waals surface area contributed by atoms with Gasteiger partial charge in [-0.2, -0.15) is 0 Å². The molecule has 0 bridgehead atoms. The lowest BCUT2D eigenvalue weighted by Crippen LogP contribution is -2.30. The van der Waals surface area contributed by atoms with Crippen molar-refractivity contribution in [1.29, 1.82) is 0 Å². The average Bonchev–Trinajstić information content (AvgIpc) is 3.38. The third-order valence-electron chi connectivity index (χ3n) is 13.7. The Morgan fingerprint density at radius 3 is 0.819 bits per heavy atom. The van der Waals surface area contributed by atoms with Gasteiger partial charge in [-0.25, -0.2) is 0 Å². The van der Waals surface area contributed by atoms with E-state index in [1.165, 1.54) is 186 Å². The van der Waals surface area contributed by atoms with Crippen LogP contribution in [0.5, 0.6) is 0 Å². The molecule has 0 saturated heterocycles. The van der Waals surface area contributed by atoms with Gasteiger partial charge in [0.05, 0.1) is 0 Å². The van der Waals surface area contributed by atoms with Crippen LogP contribution in [0, 0.1) is 0 Å². The van der Waals surface area contributed by atoms with Crippen LogP contribution < -0.4 is 0 Å². The van der Waals surface area contributed by atoms with Crippen molar-refractivity contribution < 1.29 is 28.6 Å². The Hall–Kier alpha value is -2.89. The van der Waals surface area contributed by atoms with Crippen molar-refractivity contribution in [3.05, 3.63) is 60.8 Å².